The molecule has 0 radical (unpaired) electrons. The van der Waals surface area contributed by atoms with Gasteiger partial charge in [0.1, 0.15) is 6.61 Å². The Morgan fingerprint density at radius 3 is 2.38 bits per heavy atom. The summed E-state index contributed by atoms with van der Waals surface area (Å²) in [5.74, 6) is 0.753. The molecule has 0 aliphatic rings. The van der Waals surface area contributed by atoms with Crippen LogP contribution >= 0.6 is 36.2 Å². The smallest absolute Gasteiger partial charge is 0.197 e. The van der Waals surface area contributed by atoms with E-state index >= 15 is 0 Å². The van der Waals surface area contributed by atoms with Gasteiger partial charge in [0, 0.05) is 10.8 Å². The molecular weight excluding hydrogens is 360 g/mol. The quantitative estimate of drug-likeness (QED) is 0.203. The Kier molecular flexibility index (Phi) is 20.8. The van der Waals surface area contributed by atoms with Crippen LogP contribution in [-0.2, 0) is 10.5 Å². The van der Waals surface area contributed by atoms with E-state index in [4.69, 9.17) is 16.3 Å². The number of ether oxygens (including phenoxy) is 1. The largest absolute Gasteiger partial charge is 0.479 e. The maximum Gasteiger partial charge on any atom is 0.197 e. The van der Waals surface area contributed by atoms with Gasteiger partial charge in [0.15, 0.2) is 11.6 Å². The van der Waals surface area contributed by atoms with Crippen LogP contribution < -0.4 is 0 Å². The molecule has 0 saturated carbocycles. The van der Waals surface area contributed by atoms with E-state index in [0.29, 0.717) is 11.8 Å². The third-order valence-electron chi connectivity index (χ3n) is 2.03. The van der Waals surface area contributed by atoms with Crippen molar-refractivity contribution in [2.45, 2.75) is 33.4 Å². The van der Waals surface area contributed by atoms with Crippen molar-refractivity contribution in [1.82, 2.24) is 0 Å². The molecule has 0 saturated heterocycles. The molecule has 24 heavy (non-hydrogen) atoms. The number of benzene rings is 1. The molecule has 0 amide bonds. The van der Waals surface area contributed by atoms with Gasteiger partial charge < -0.3 is 4.74 Å². The fraction of sp³-hybridized carbons (Fsp3) is 0.333. The molecule has 0 unspecified atom stereocenters. The Bertz CT molecular complexity index is 500. The van der Waals surface area contributed by atoms with E-state index < -0.39 is 0 Å². The van der Waals surface area contributed by atoms with Crippen molar-refractivity contribution in [3.63, 3.8) is 0 Å². The summed E-state index contributed by atoms with van der Waals surface area (Å²) in [6.07, 6.45) is 6.94. The first-order valence-corrected chi connectivity index (χ1v) is 9.35. The molecule has 0 bridgehead atoms. The van der Waals surface area contributed by atoms with Crippen molar-refractivity contribution in [3.05, 3.63) is 59.7 Å². The van der Waals surface area contributed by atoms with Crippen LogP contribution in [0.2, 0.25) is 5.02 Å². The first-order valence-electron chi connectivity index (χ1n) is 7.59. The van der Waals surface area contributed by atoms with Gasteiger partial charge in [-0.3, -0.25) is 0 Å². The maximum atomic E-state index is 5.82. The molecule has 3 nitrogen and oxygen atoms in total. The maximum absolute atomic E-state index is 5.82. The molecule has 0 atom stereocenters. The Labute approximate surface area is 161 Å². The molecule has 1 aromatic rings. The van der Waals surface area contributed by atoms with Crippen LogP contribution in [0.4, 0.5) is 0 Å². The van der Waals surface area contributed by atoms with Crippen LogP contribution in [0.5, 0.6) is 0 Å². The molecule has 0 heterocycles. The Morgan fingerprint density at radius 1 is 1.29 bits per heavy atom. The van der Waals surface area contributed by atoms with E-state index in [2.05, 4.69) is 28.8 Å². The molecule has 0 aromatic heterocycles. The van der Waals surface area contributed by atoms with E-state index in [0.717, 1.165) is 16.3 Å². The number of halogens is 1. The highest BCUT2D eigenvalue weighted by Crippen LogP contribution is 2.17. The van der Waals surface area contributed by atoms with Crippen LogP contribution in [0.25, 0.3) is 0 Å². The van der Waals surface area contributed by atoms with Crippen LogP contribution in [0.15, 0.2) is 58.5 Å². The topological polar surface area (TPSA) is 34.0 Å². The molecule has 1 aromatic carbocycles. The Morgan fingerprint density at radius 2 is 1.88 bits per heavy atom. The fourth-order valence-electron chi connectivity index (χ4n) is 1.10. The van der Waals surface area contributed by atoms with Crippen molar-refractivity contribution in [2.75, 3.05) is 6.61 Å². The number of amidine groups is 1. The molecule has 6 heteroatoms. The van der Waals surface area contributed by atoms with E-state index in [1.807, 2.05) is 64.1 Å². The van der Waals surface area contributed by atoms with Crippen molar-refractivity contribution in [2.24, 2.45) is 9.39 Å². The second-order valence-electron chi connectivity index (χ2n) is 3.84. The lowest BCUT2D eigenvalue weighted by atomic mass is 10.2. The number of thiol groups is 1. The van der Waals surface area contributed by atoms with Crippen LogP contribution in [0.3, 0.4) is 0 Å². The highest BCUT2D eigenvalue weighted by Gasteiger charge is 1.99. The zero-order valence-corrected chi connectivity index (χ0v) is 17.2. The van der Waals surface area contributed by atoms with Crippen LogP contribution in [0.1, 0.15) is 33.3 Å². The number of hydrogen-bond acceptors (Lipinski definition) is 4. The molecule has 1 rings (SSSR count). The lowest BCUT2D eigenvalue weighted by Gasteiger charge is -2.01. The van der Waals surface area contributed by atoms with Crippen LogP contribution in [0, 0.1) is 0 Å². The van der Waals surface area contributed by atoms with Gasteiger partial charge in [-0.05, 0) is 44.4 Å². The summed E-state index contributed by atoms with van der Waals surface area (Å²) < 4.78 is 8.94. The average Bonchev–Trinajstić information content (AvgIpc) is 2.61. The number of hydrogen-bond donors (Lipinski definition) is 1. The zero-order chi connectivity index (χ0) is 18.6. The number of nitrogens with zero attached hydrogens (tertiary/aromatic N) is 2. The Balaban J connectivity index is 0. The minimum atomic E-state index is 0.502. The van der Waals surface area contributed by atoms with Crippen molar-refractivity contribution < 1.29 is 4.74 Å². The summed E-state index contributed by atoms with van der Waals surface area (Å²) in [4.78, 5) is 4.08. The van der Waals surface area contributed by atoms with Gasteiger partial charge in [0.05, 0.1) is 0 Å². The standard InChI is InChI=1S/C13H15ClN2OS2.C3H6.C2H6/c1-2-3-8-17-10-15-13(16-18)19-9-11-4-6-12(14)7-5-11;1-3-2;1-2/h2-7,10,18H,8-9H2,1H3;3H,1H2,2H3;1-2H3/b3-2+,15-10+,16-13+;;. The van der Waals surface area contributed by atoms with Gasteiger partial charge in [0.2, 0.25) is 0 Å². The first kappa shape index (κ1) is 25.1. The summed E-state index contributed by atoms with van der Waals surface area (Å²) in [5, 5.41) is 1.28. The highest BCUT2D eigenvalue weighted by atomic mass is 35.5. The minimum Gasteiger partial charge on any atom is -0.479 e. The second kappa shape index (κ2) is 19.9. The summed E-state index contributed by atoms with van der Waals surface area (Å²) in [6, 6.07) is 7.66. The summed E-state index contributed by atoms with van der Waals surface area (Å²) in [6.45, 7) is 11.7. The minimum absolute atomic E-state index is 0.502. The molecular formula is C18H27ClN2OS2. The number of rotatable bonds is 5. The third-order valence-corrected chi connectivity index (χ3v) is 3.54. The van der Waals surface area contributed by atoms with Gasteiger partial charge in [-0.15, -0.1) is 6.58 Å². The normalized spacial score (nSPS) is 10.7. The SMILES string of the molecule is C/C=C/CO/C=N/C(=N\S)SCc1ccc(Cl)cc1.C=CC.CC. The average molecular weight is 387 g/mol. The van der Waals surface area contributed by atoms with E-state index in [9.17, 15) is 0 Å². The van der Waals surface area contributed by atoms with Crippen molar-refractivity contribution in [3.8, 4) is 0 Å². The van der Waals surface area contributed by atoms with Crippen LogP contribution in [-0.4, -0.2) is 18.2 Å². The van der Waals surface area contributed by atoms with Gasteiger partial charge in [-0.25, -0.2) is 0 Å². The number of thioether (sulfide) groups is 1. The summed E-state index contributed by atoms with van der Waals surface area (Å²) in [7, 11) is 0. The predicted octanol–water partition coefficient (Wildman–Crippen LogP) is 6.61. The molecule has 0 spiro atoms. The fourth-order valence-corrected chi connectivity index (χ4v) is 2.11. The predicted molar refractivity (Wildman–Crippen MR) is 116 cm³/mol. The summed E-state index contributed by atoms with van der Waals surface area (Å²) in [5.41, 5.74) is 1.15. The first-order chi connectivity index (χ1) is 11.7. The molecule has 0 aliphatic carbocycles. The molecule has 0 fully saturated rings. The highest BCUT2D eigenvalue weighted by molar-refractivity contribution is 8.13. The number of allylic oxidation sites excluding steroid dienone is 2. The molecule has 134 valence electrons. The van der Waals surface area contributed by atoms with Gasteiger partial charge in [-0.2, -0.15) is 9.39 Å². The zero-order valence-electron chi connectivity index (χ0n) is 14.8. The third kappa shape index (κ3) is 15.7. The van der Waals surface area contributed by atoms with E-state index in [1.165, 1.54) is 18.2 Å². The van der Waals surface area contributed by atoms with Gasteiger partial charge in [-0.1, -0.05) is 67.6 Å². The van der Waals surface area contributed by atoms with Gasteiger partial charge >= 0.3 is 0 Å². The van der Waals surface area contributed by atoms with E-state index in [-0.39, 0.29) is 0 Å². The molecule has 0 N–H and O–H groups in total. The molecule has 0 aliphatic heterocycles. The monoisotopic (exact) mass is 386 g/mol. The lowest BCUT2D eigenvalue weighted by Crippen LogP contribution is -1.93. The van der Waals surface area contributed by atoms with Crippen molar-refractivity contribution in [1.29, 1.82) is 0 Å². The Hall–Kier alpha value is -1.17. The second-order valence-corrected chi connectivity index (χ2v) is 5.42. The summed E-state index contributed by atoms with van der Waals surface area (Å²) >= 11 is 11.2. The van der Waals surface area contributed by atoms with E-state index in [1.54, 1.807) is 6.08 Å². The van der Waals surface area contributed by atoms with Gasteiger partial charge in [0.25, 0.3) is 0 Å². The number of aliphatic imine (C=N–C) groups is 1. The van der Waals surface area contributed by atoms with Crippen molar-refractivity contribution >= 4 is 47.7 Å². The lowest BCUT2D eigenvalue weighted by molar-refractivity contribution is 0.368.